The fourth-order valence-electron chi connectivity index (χ4n) is 3.05. The molecule has 1 aromatic rings. The first-order valence-electron chi connectivity index (χ1n) is 7.45. The minimum absolute atomic E-state index is 0.00566. The first-order chi connectivity index (χ1) is 10.3. The Labute approximate surface area is 128 Å². The number of carbonyl (C=O) groups is 2. The molecular weight excluding hydrogens is 287 g/mol. The molecule has 0 aliphatic heterocycles. The van der Waals surface area contributed by atoms with E-state index < -0.39 is 23.2 Å². The molecule has 2 rings (SSSR count). The van der Waals surface area contributed by atoms with Gasteiger partial charge in [-0.2, -0.15) is 0 Å². The average Bonchev–Trinajstić information content (AvgIpc) is 2.47. The van der Waals surface area contributed by atoms with Crippen molar-refractivity contribution in [3.63, 3.8) is 0 Å². The van der Waals surface area contributed by atoms with Crippen molar-refractivity contribution in [2.24, 2.45) is 5.92 Å². The van der Waals surface area contributed by atoms with Crippen LogP contribution in [0.15, 0.2) is 18.2 Å². The molecule has 0 saturated heterocycles. The van der Waals surface area contributed by atoms with Crippen LogP contribution in [0.2, 0.25) is 0 Å². The molecule has 1 aromatic carbocycles. The highest BCUT2D eigenvalue weighted by Gasteiger charge is 2.43. The third-order valence-corrected chi connectivity index (χ3v) is 4.50. The van der Waals surface area contributed by atoms with Crippen molar-refractivity contribution in [1.29, 1.82) is 0 Å². The number of nitrogens with two attached hydrogens (primary N) is 1. The molecule has 1 saturated carbocycles. The van der Waals surface area contributed by atoms with E-state index in [9.17, 15) is 19.1 Å². The van der Waals surface area contributed by atoms with E-state index in [0.717, 1.165) is 44.2 Å². The van der Waals surface area contributed by atoms with E-state index in [0.29, 0.717) is 0 Å². The number of benzene rings is 1. The second kappa shape index (κ2) is 6.34. The molecule has 4 N–H and O–H groups in total. The largest absolute Gasteiger partial charge is 0.480 e. The Hall–Kier alpha value is -2.11. The SMILES string of the molecule is C[C@@](NC(=O)c1ccc(F)cc1N)(C(=O)O)C1CCCCC1. The summed E-state index contributed by atoms with van der Waals surface area (Å²) in [5.74, 6) is -2.31. The van der Waals surface area contributed by atoms with E-state index in [1.54, 1.807) is 0 Å². The Morgan fingerprint density at radius 3 is 2.50 bits per heavy atom. The molecule has 1 aliphatic carbocycles. The number of rotatable bonds is 4. The number of nitrogen functional groups attached to an aromatic ring is 1. The smallest absolute Gasteiger partial charge is 0.329 e. The van der Waals surface area contributed by atoms with Crippen molar-refractivity contribution in [2.45, 2.75) is 44.6 Å². The van der Waals surface area contributed by atoms with Gasteiger partial charge < -0.3 is 16.2 Å². The molecule has 22 heavy (non-hydrogen) atoms. The van der Waals surface area contributed by atoms with E-state index in [2.05, 4.69) is 5.32 Å². The Morgan fingerprint density at radius 2 is 1.95 bits per heavy atom. The second-order valence-corrected chi connectivity index (χ2v) is 6.03. The minimum atomic E-state index is -1.35. The van der Waals surface area contributed by atoms with Gasteiger partial charge in [-0.3, -0.25) is 4.79 Å². The number of hydrogen-bond acceptors (Lipinski definition) is 3. The van der Waals surface area contributed by atoms with Crippen LogP contribution in [0.5, 0.6) is 0 Å². The van der Waals surface area contributed by atoms with Crippen LogP contribution in [-0.4, -0.2) is 22.5 Å². The lowest BCUT2D eigenvalue weighted by Gasteiger charge is -2.37. The quantitative estimate of drug-likeness (QED) is 0.745. The molecule has 1 atom stereocenters. The van der Waals surface area contributed by atoms with Gasteiger partial charge in [0, 0.05) is 5.69 Å². The number of amides is 1. The van der Waals surface area contributed by atoms with E-state index in [1.165, 1.54) is 13.0 Å². The summed E-state index contributed by atoms with van der Waals surface area (Å²) in [4.78, 5) is 24.1. The van der Waals surface area contributed by atoms with Crippen LogP contribution in [0.4, 0.5) is 10.1 Å². The molecule has 1 fully saturated rings. The van der Waals surface area contributed by atoms with Crippen molar-refractivity contribution in [2.75, 3.05) is 5.73 Å². The molecule has 6 heteroatoms. The Bertz CT molecular complexity index is 585. The minimum Gasteiger partial charge on any atom is -0.480 e. The molecule has 120 valence electrons. The summed E-state index contributed by atoms with van der Waals surface area (Å²) in [6.45, 7) is 1.53. The number of carboxylic acid groups (broad SMARTS) is 1. The molecule has 0 heterocycles. The molecule has 0 radical (unpaired) electrons. The molecular formula is C16H21FN2O3. The van der Waals surface area contributed by atoms with Crippen LogP contribution in [0.1, 0.15) is 49.4 Å². The van der Waals surface area contributed by atoms with Crippen LogP contribution in [-0.2, 0) is 4.79 Å². The topological polar surface area (TPSA) is 92.4 Å². The van der Waals surface area contributed by atoms with Gasteiger partial charge in [0.15, 0.2) is 0 Å². The summed E-state index contributed by atoms with van der Waals surface area (Å²) < 4.78 is 13.1. The predicted molar refractivity (Wildman–Crippen MR) is 80.9 cm³/mol. The fourth-order valence-corrected chi connectivity index (χ4v) is 3.05. The summed E-state index contributed by atoms with van der Waals surface area (Å²) in [6.07, 6.45) is 4.54. The van der Waals surface area contributed by atoms with Crippen molar-refractivity contribution in [3.8, 4) is 0 Å². The molecule has 1 amide bonds. The zero-order valence-corrected chi connectivity index (χ0v) is 12.6. The van der Waals surface area contributed by atoms with E-state index >= 15 is 0 Å². The van der Waals surface area contributed by atoms with Crippen LogP contribution < -0.4 is 11.1 Å². The molecule has 0 bridgehead atoms. The number of hydrogen-bond donors (Lipinski definition) is 3. The van der Waals surface area contributed by atoms with Crippen molar-refractivity contribution in [3.05, 3.63) is 29.6 Å². The average molecular weight is 308 g/mol. The summed E-state index contributed by atoms with van der Waals surface area (Å²) in [7, 11) is 0. The summed E-state index contributed by atoms with van der Waals surface area (Å²) in [5.41, 5.74) is 4.38. The van der Waals surface area contributed by atoms with Gasteiger partial charge in [0.2, 0.25) is 0 Å². The van der Waals surface area contributed by atoms with Crippen LogP contribution in [0.25, 0.3) is 0 Å². The third kappa shape index (κ3) is 3.21. The van der Waals surface area contributed by atoms with Gasteiger partial charge in [0.05, 0.1) is 5.56 Å². The number of anilines is 1. The van der Waals surface area contributed by atoms with Crippen LogP contribution in [0.3, 0.4) is 0 Å². The van der Waals surface area contributed by atoms with E-state index in [1.807, 2.05) is 0 Å². The Kier molecular flexibility index (Phi) is 4.68. The van der Waals surface area contributed by atoms with Crippen molar-refractivity contribution in [1.82, 2.24) is 5.32 Å². The monoisotopic (exact) mass is 308 g/mol. The summed E-state index contributed by atoms with van der Waals surface area (Å²) >= 11 is 0. The Balaban J connectivity index is 2.23. The van der Waals surface area contributed by atoms with E-state index in [4.69, 9.17) is 5.73 Å². The lowest BCUT2D eigenvalue weighted by Crippen LogP contribution is -2.57. The number of carbonyl (C=O) groups excluding carboxylic acids is 1. The molecule has 0 spiro atoms. The van der Waals surface area contributed by atoms with E-state index in [-0.39, 0.29) is 17.2 Å². The number of halogens is 1. The first kappa shape index (κ1) is 16.3. The fraction of sp³-hybridized carbons (Fsp3) is 0.500. The maximum Gasteiger partial charge on any atom is 0.329 e. The predicted octanol–water partition coefficient (Wildman–Crippen LogP) is 2.56. The van der Waals surface area contributed by atoms with Crippen molar-refractivity contribution < 1.29 is 19.1 Å². The second-order valence-electron chi connectivity index (χ2n) is 6.03. The highest BCUT2D eigenvalue weighted by Crippen LogP contribution is 2.33. The van der Waals surface area contributed by atoms with Gasteiger partial charge >= 0.3 is 5.97 Å². The van der Waals surface area contributed by atoms with Gasteiger partial charge in [-0.25, -0.2) is 9.18 Å². The Morgan fingerprint density at radius 1 is 1.32 bits per heavy atom. The summed E-state index contributed by atoms with van der Waals surface area (Å²) in [6, 6.07) is 3.45. The summed E-state index contributed by atoms with van der Waals surface area (Å²) in [5, 5.41) is 12.2. The number of aliphatic carboxylic acids is 1. The molecule has 0 aromatic heterocycles. The standard InChI is InChI=1S/C16H21FN2O3/c1-16(15(21)22,10-5-3-2-4-6-10)19-14(20)12-8-7-11(17)9-13(12)18/h7-10H,2-6,18H2,1H3,(H,19,20)(H,21,22)/t16-/m0/s1. The van der Waals surface area contributed by atoms with Gasteiger partial charge in [-0.15, -0.1) is 0 Å². The maximum atomic E-state index is 13.1. The van der Waals surface area contributed by atoms with Gasteiger partial charge in [-0.05, 0) is 43.9 Å². The van der Waals surface area contributed by atoms with Gasteiger partial charge in [0.25, 0.3) is 5.91 Å². The van der Waals surface area contributed by atoms with Gasteiger partial charge in [-0.1, -0.05) is 19.3 Å². The third-order valence-electron chi connectivity index (χ3n) is 4.50. The molecule has 1 aliphatic rings. The zero-order chi connectivity index (χ0) is 16.3. The highest BCUT2D eigenvalue weighted by atomic mass is 19.1. The highest BCUT2D eigenvalue weighted by molar-refractivity contribution is 6.01. The maximum absolute atomic E-state index is 13.1. The van der Waals surface area contributed by atoms with Gasteiger partial charge in [0.1, 0.15) is 11.4 Å². The van der Waals surface area contributed by atoms with Crippen molar-refractivity contribution >= 4 is 17.6 Å². The zero-order valence-electron chi connectivity index (χ0n) is 12.6. The number of carboxylic acids is 1. The normalized spacial score (nSPS) is 18.5. The molecule has 5 nitrogen and oxygen atoms in total. The lowest BCUT2D eigenvalue weighted by molar-refractivity contribution is -0.146. The van der Waals surface area contributed by atoms with Crippen LogP contribution >= 0.6 is 0 Å². The van der Waals surface area contributed by atoms with Crippen LogP contribution in [0, 0.1) is 11.7 Å². The lowest BCUT2D eigenvalue weighted by atomic mass is 9.75. The first-order valence-corrected chi connectivity index (χ1v) is 7.45. The number of nitrogens with one attached hydrogen (secondary N) is 1. The molecule has 0 unspecified atom stereocenters.